The third-order valence-electron chi connectivity index (χ3n) is 2.48. The zero-order chi connectivity index (χ0) is 11.4. The van der Waals surface area contributed by atoms with Gasteiger partial charge in [-0.2, -0.15) is 18.2 Å². The van der Waals surface area contributed by atoms with Crippen molar-refractivity contribution in [2.24, 2.45) is 5.92 Å². The second-order valence-electron chi connectivity index (χ2n) is 3.44. The lowest BCUT2D eigenvalue weighted by Gasteiger charge is -2.22. The van der Waals surface area contributed by atoms with Crippen LogP contribution in [-0.4, -0.2) is 42.2 Å². The molecule has 1 N–H and O–H groups in total. The van der Waals surface area contributed by atoms with E-state index in [2.05, 4.69) is 4.84 Å². The Balaban J connectivity index is 2.34. The van der Waals surface area contributed by atoms with Crippen molar-refractivity contribution < 1.29 is 27.6 Å². The molecule has 3 atom stereocenters. The van der Waals surface area contributed by atoms with Crippen LogP contribution in [0.2, 0.25) is 0 Å². The molecule has 2 aliphatic heterocycles. The number of rotatable bonds is 0. The molecule has 0 bridgehead atoms. The molecule has 0 aromatic rings. The summed E-state index contributed by atoms with van der Waals surface area (Å²) in [5.41, 5.74) is 0. The van der Waals surface area contributed by atoms with E-state index in [0.717, 1.165) is 7.05 Å². The summed E-state index contributed by atoms with van der Waals surface area (Å²) in [6, 6.07) is -2.06. The molecule has 0 radical (unpaired) electrons. The Bertz CT molecular complexity index is 330. The minimum atomic E-state index is -4.60. The van der Waals surface area contributed by atoms with Gasteiger partial charge < -0.3 is 0 Å². The summed E-state index contributed by atoms with van der Waals surface area (Å²) in [4.78, 5) is 26.9. The Labute approximate surface area is 82.1 Å². The van der Waals surface area contributed by atoms with Crippen molar-refractivity contribution in [1.82, 2.24) is 10.4 Å². The molecule has 0 spiro atoms. The minimum absolute atomic E-state index is 0.520. The van der Waals surface area contributed by atoms with E-state index in [1.54, 1.807) is 0 Å². The summed E-state index contributed by atoms with van der Waals surface area (Å²) in [7, 11) is 1.05. The van der Waals surface area contributed by atoms with Gasteiger partial charge in [0.1, 0.15) is 12.0 Å². The molecule has 0 saturated carbocycles. The Morgan fingerprint density at radius 1 is 1.33 bits per heavy atom. The molecule has 0 aliphatic carbocycles. The van der Waals surface area contributed by atoms with E-state index < -0.39 is 36.1 Å². The predicted octanol–water partition coefficient (Wildman–Crippen LogP) is -0.565. The highest BCUT2D eigenvalue weighted by Crippen LogP contribution is 2.39. The first kappa shape index (κ1) is 10.4. The van der Waals surface area contributed by atoms with E-state index in [1.165, 1.54) is 0 Å². The summed E-state index contributed by atoms with van der Waals surface area (Å²) in [6.07, 6.45) is -5.95. The molecule has 0 aromatic heterocycles. The topological polar surface area (TPSA) is 58.6 Å². The van der Waals surface area contributed by atoms with Crippen LogP contribution in [-0.2, 0) is 14.4 Å². The average Bonchev–Trinajstić information content (AvgIpc) is 2.51. The smallest absolute Gasteiger partial charge is 0.294 e. The summed E-state index contributed by atoms with van der Waals surface area (Å²) < 4.78 is 37.6. The maximum atomic E-state index is 12.5. The van der Waals surface area contributed by atoms with Crippen molar-refractivity contribution in [3.8, 4) is 0 Å². The molecular formula is C7H7F3N2O3. The van der Waals surface area contributed by atoms with Gasteiger partial charge in [-0.25, -0.2) is 0 Å². The molecule has 0 unspecified atom stereocenters. The van der Waals surface area contributed by atoms with Crippen LogP contribution in [0.4, 0.5) is 13.2 Å². The highest BCUT2D eigenvalue weighted by atomic mass is 19.4. The second kappa shape index (κ2) is 2.92. The number of hydrogen-bond acceptors (Lipinski definition) is 4. The average molecular weight is 224 g/mol. The van der Waals surface area contributed by atoms with Crippen molar-refractivity contribution in [2.45, 2.75) is 18.3 Å². The highest BCUT2D eigenvalue weighted by molar-refractivity contribution is 6.07. The molecule has 5 nitrogen and oxygen atoms in total. The Kier molecular flexibility index (Phi) is 2.02. The van der Waals surface area contributed by atoms with Crippen LogP contribution in [0, 0.1) is 5.92 Å². The summed E-state index contributed by atoms with van der Waals surface area (Å²) in [6.45, 7) is 0. The first-order valence-electron chi connectivity index (χ1n) is 4.13. The van der Waals surface area contributed by atoms with Gasteiger partial charge in [-0.05, 0) is 0 Å². The van der Waals surface area contributed by atoms with Crippen LogP contribution in [0.3, 0.4) is 0 Å². The SMILES string of the molecule is CN1O[C@@H]2C(=O)NC(=O)[C@H]2[C@@H]1C(F)(F)F. The molecule has 84 valence electrons. The largest absolute Gasteiger partial charge is 0.407 e. The number of nitrogens with zero attached hydrogens (tertiary/aromatic N) is 1. The molecule has 2 saturated heterocycles. The van der Waals surface area contributed by atoms with Crippen LogP contribution < -0.4 is 5.32 Å². The number of fused-ring (bicyclic) bond motifs is 1. The zero-order valence-electron chi connectivity index (χ0n) is 7.54. The van der Waals surface area contributed by atoms with Gasteiger partial charge in [0.25, 0.3) is 5.91 Å². The van der Waals surface area contributed by atoms with Gasteiger partial charge >= 0.3 is 6.18 Å². The zero-order valence-corrected chi connectivity index (χ0v) is 7.54. The molecule has 2 aliphatic rings. The third kappa shape index (κ3) is 1.40. The lowest BCUT2D eigenvalue weighted by Crippen LogP contribution is -2.46. The van der Waals surface area contributed by atoms with E-state index in [0.29, 0.717) is 5.06 Å². The normalized spacial score (nSPS) is 36.9. The number of carbonyl (C=O) groups is 2. The third-order valence-corrected chi connectivity index (χ3v) is 2.48. The van der Waals surface area contributed by atoms with E-state index in [4.69, 9.17) is 0 Å². The number of hydroxylamine groups is 2. The maximum Gasteiger partial charge on any atom is 0.407 e. The van der Waals surface area contributed by atoms with Gasteiger partial charge in [0.15, 0.2) is 6.10 Å². The molecule has 15 heavy (non-hydrogen) atoms. The van der Waals surface area contributed by atoms with Crippen molar-refractivity contribution >= 4 is 11.8 Å². The van der Waals surface area contributed by atoms with Gasteiger partial charge in [0, 0.05) is 7.05 Å². The number of alkyl halides is 3. The Morgan fingerprint density at radius 2 is 1.93 bits per heavy atom. The van der Waals surface area contributed by atoms with Gasteiger partial charge in [-0.15, -0.1) is 0 Å². The van der Waals surface area contributed by atoms with Crippen molar-refractivity contribution in [2.75, 3.05) is 7.05 Å². The number of amides is 2. The van der Waals surface area contributed by atoms with Gasteiger partial charge in [-0.3, -0.25) is 19.7 Å². The van der Waals surface area contributed by atoms with Gasteiger partial charge in [0.05, 0.1) is 0 Å². The van der Waals surface area contributed by atoms with E-state index in [1.807, 2.05) is 5.32 Å². The molecular weight excluding hydrogens is 217 g/mol. The van der Waals surface area contributed by atoms with Gasteiger partial charge in [-0.1, -0.05) is 0 Å². The fraction of sp³-hybridized carbons (Fsp3) is 0.714. The Morgan fingerprint density at radius 3 is 2.47 bits per heavy atom. The van der Waals surface area contributed by atoms with Crippen LogP contribution in [0.1, 0.15) is 0 Å². The summed E-state index contributed by atoms with van der Waals surface area (Å²) in [5.74, 6) is -3.25. The molecule has 2 rings (SSSR count). The number of halogens is 3. The minimum Gasteiger partial charge on any atom is -0.294 e. The van der Waals surface area contributed by atoms with Crippen LogP contribution in [0.25, 0.3) is 0 Å². The molecule has 2 heterocycles. The maximum absolute atomic E-state index is 12.5. The first-order chi connectivity index (χ1) is 6.82. The standard InChI is InChI=1S/C7H7F3N2O3/c1-12-4(7(8,9)10)2-3(15-12)6(14)11-5(2)13/h2-4H,1H3,(H,11,13,14)/t2-,3+,4-/m1/s1. The fourth-order valence-electron chi connectivity index (χ4n) is 1.88. The summed E-state index contributed by atoms with van der Waals surface area (Å²) >= 11 is 0. The quantitative estimate of drug-likeness (QED) is 0.560. The predicted molar refractivity (Wildman–Crippen MR) is 39.1 cm³/mol. The number of carbonyl (C=O) groups excluding carboxylic acids is 2. The van der Waals surface area contributed by atoms with E-state index in [9.17, 15) is 22.8 Å². The van der Waals surface area contributed by atoms with Crippen molar-refractivity contribution in [3.05, 3.63) is 0 Å². The van der Waals surface area contributed by atoms with E-state index in [-0.39, 0.29) is 0 Å². The Hall–Kier alpha value is -1.15. The summed E-state index contributed by atoms with van der Waals surface area (Å²) in [5, 5.41) is 2.33. The number of hydrogen-bond donors (Lipinski definition) is 1. The fourth-order valence-corrected chi connectivity index (χ4v) is 1.88. The lowest BCUT2D eigenvalue weighted by molar-refractivity contribution is -0.234. The molecule has 2 amide bonds. The monoisotopic (exact) mass is 224 g/mol. The highest BCUT2D eigenvalue weighted by Gasteiger charge is 2.63. The van der Waals surface area contributed by atoms with Crippen LogP contribution >= 0.6 is 0 Å². The lowest BCUT2D eigenvalue weighted by atomic mass is 9.97. The first-order valence-corrected chi connectivity index (χ1v) is 4.13. The van der Waals surface area contributed by atoms with E-state index >= 15 is 0 Å². The number of nitrogens with one attached hydrogen (secondary N) is 1. The van der Waals surface area contributed by atoms with Crippen molar-refractivity contribution in [1.29, 1.82) is 0 Å². The van der Waals surface area contributed by atoms with Crippen LogP contribution in [0.5, 0.6) is 0 Å². The molecule has 8 heteroatoms. The molecule has 2 fully saturated rings. The van der Waals surface area contributed by atoms with Crippen molar-refractivity contribution in [3.63, 3.8) is 0 Å². The van der Waals surface area contributed by atoms with Gasteiger partial charge in [0.2, 0.25) is 5.91 Å². The molecule has 0 aromatic carbocycles. The number of imide groups is 1. The van der Waals surface area contributed by atoms with Crippen LogP contribution in [0.15, 0.2) is 0 Å². The second-order valence-corrected chi connectivity index (χ2v) is 3.44.